The van der Waals surface area contributed by atoms with Crippen molar-refractivity contribution in [3.05, 3.63) is 182 Å². The summed E-state index contributed by atoms with van der Waals surface area (Å²) in [6, 6.07) is 18.5. The quantitative estimate of drug-likeness (QED) is 0.0269. The number of aliphatic hydroxyl groups is 6. The summed E-state index contributed by atoms with van der Waals surface area (Å²) >= 11 is 0. The van der Waals surface area contributed by atoms with Gasteiger partial charge in [0.25, 0.3) is 16.7 Å². The zero-order valence-corrected chi connectivity index (χ0v) is 60.8. The summed E-state index contributed by atoms with van der Waals surface area (Å²) in [5.41, 5.74) is -1.12. The SMILES string of the molecule is COc1cccc2onc(Cn3c(=O)ccn([C@@H]4O[C@H](COP(=O)(O)OP(=O)(O)O)[C@H](O)C4O)c3=O)c12.Cc1ccc2c(Cn3c(=O)ccn([C@@H]4O[C@H](COP(=O)(O)OP(=O)(O)O)[C@H](O)C4O)c3=O)noc2c1.Cc1cccc2c(Cn3c(=O)ccn([C@@H]4O[C@H](COP(=O)(O)OP(=O)(O)O)[C@H](O)C4O)c3=O)noc12. The predicted molar refractivity (Wildman–Crippen MR) is 355 cm³/mol. The van der Waals surface area contributed by atoms with E-state index in [2.05, 4.69) is 42.0 Å². The number of aromatic nitrogens is 9. The highest BCUT2D eigenvalue weighted by Gasteiger charge is 2.49. The highest BCUT2D eigenvalue weighted by atomic mass is 31.3. The van der Waals surface area contributed by atoms with Gasteiger partial charge in [0, 0.05) is 47.6 Å². The molecular weight excluding hydrogens is 1600 g/mol. The minimum Gasteiger partial charge on any atom is -0.496 e. The van der Waals surface area contributed by atoms with Gasteiger partial charge in [0.2, 0.25) is 0 Å². The summed E-state index contributed by atoms with van der Waals surface area (Å²) in [6.07, 6.45) is -16.7. The van der Waals surface area contributed by atoms with Crippen molar-refractivity contribution < 1.29 is 161 Å². The van der Waals surface area contributed by atoms with Crippen molar-refractivity contribution in [1.29, 1.82) is 0 Å². The molecule has 6 aromatic heterocycles. The van der Waals surface area contributed by atoms with E-state index in [0.717, 1.165) is 75.3 Å². The Morgan fingerprint density at radius 2 is 0.798 bits per heavy atom. The Morgan fingerprint density at radius 3 is 1.20 bits per heavy atom. The van der Waals surface area contributed by atoms with E-state index in [9.17, 15) is 101 Å². The molecule has 0 radical (unpaired) electrons. The fourth-order valence-electron chi connectivity index (χ4n) is 11.1. The van der Waals surface area contributed by atoms with Gasteiger partial charge in [-0.3, -0.25) is 55.4 Å². The number of para-hydroxylation sites is 1. The topological polar surface area (TPSA) is 708 Å². The molecule has 15 atom stereocenters. The van der Waals surface area contributed by atoms with Crippen molar-refractivity contribution in [2.24, 2.45) is 0 Å². The molecule has 594 valence electrons. The van der Waals surface area contributed by atoms with Gasteiger partial charge in [-0.15, -0.1) is 0 Å². The summed E-state index contributed by atoms with van der Waals surface area (Å²) in [5.74, 6) is 0.391. The van der Waals surface area contributed by atoms with Crippen LogP contribution in [0.2, 0.25) is 0 Å². The first kappa shape index (κ1) is 83.8. The number of phosphoric acid groups is 6. The largest absolute Gasteiger partial charge is 0.496 e. The van der Waals surface area contributed by atoms with E-state index in [-0.39, 0.29) is 25.3 Å². The van der Waals surface area contributed by atoms with Gasteiger partial charge in [-0.2, -0.15) is 12.9 Å². The second kappa shape index (κ2) is 32.9. The average molecular weight is 1660 g/mol. The number of fused-ring (bicyclic) bond motifs is 3. The monoisotopic (exact) mass is 1660 g/mol. The van der Waals surface area contributed by atoms with Crippen LogP contribution in [0, 0.1) is 13.8 Å². The molecule has 3 fully saturated rings. The molecular formula is C54H63N9O40P6. The number of hydrogen-bond acceptors (Lipinski definition) is 34. The molecule has 12 rings (SSSR count). The zero-order valence-electron chi connectivity index (χ0n) is 55.5. The Hall–Kier alpha value is -7.67. The first-order chi connectivity index (χ1) is 50.8. The first-order valence-electron chi connectivity index (χ1n) is 30.7. The second-order valence-corrected chi connectivity index (χ2v) is 32.1. The molecule has 109 heavy (non-hydrogen) atoms. The van der Waals surface area contributed by atoms with Crippen molar-refractivity contribution in [2.75, 3.05) is 26.9 Å². The van der Waals surface area contributed by atoms with Crippen LogP contribution in [0.5, 0.6) is 5.75 Å². The van der Waals surface area contributed by atoms with E-state index in [1.807, 2.05) is 6.92 Å². The zero-order chi connectivity index (χ0) is 79.9. The van der Waals surface area contributed by atoms with Gasteiger partial charge in [-0.05, 0) is 55.3 Å². The maximum absolute atomic E-state index is 13.2. The van der Waals surface area contributed by atoms with Gasteiger partial charge in [-0.1, -0.05) is 39.7 Å². The van der Waals surface area contributed by atoms with Gasteiger partial charge in [0.1, 0.15) is 77.8 Å². The number of aliphatic hydroxyl groups excluding tert-OH is 6. The fraction of sp³-hybridized carbons (Fsp3) is 0.389. The van der Waals surface area contributed by atoms with Gasteiger partial charge in [-0.25, -0.2) is 41.8 Å². The third-order valence-corrected chi connectivity index (χ3v) is 22.6. The van der Waals surface area contributed by atoms with Crippen molar-refractivity contribution in [2.45, 2.75) is 107 Å². The number of aryl methyl sites for hydroxylation is 2. The van der Waals surface area contributed by atoms with E-state index in [1.54, 1.807) is 61.5 Å². The average Bonchev–Trinajstić information content (AvgIpc) is 1.47. The highest BCUT2D eigenvalue weighted by molar-refractivity contribution is 7.61. The third kappa shape index (κ3) is 19.8. The van der Waals surface area contributed by atoms with Crippen LogP contribution >= 0.6 is 46.9 Å². The van der Waals surface area contributed by atoms with E-state index < -0.39 is 174 Å². The number of hydrogen-bond donors (Lipinski definition) is 15. The molecule has 55 heteroatoms. The Kier molecular flexibility index (Phi) is 25.3. The number of phosphoric ester groups is 3. The van der Waals surface area contributed by atoms with Crippen molar-refractivity contribution in [3.63, 3.8) is 0 Å². The van der Waals surface area contributed by atoms with Crippen LogP contribution in [-0.2, 0) is 87.7 Å². The molecule has 0 spiro atoms. The molecule has 3 aliphatic rings. The lowest BCUT2D eigenvalue weighted by Crippen LogP contribution is -2.43. The number of nitrogens with zero attached hydrogens (tertiary/aromatic N) is 9. The summed E-state index contributed by atoms with van der Waals surface area (Å²) in [7, 11) is -30.5. The van der Waals surface area contributed by atoms with Crippen LogP contribution in [0.4, 0.5) is 0 Å². The van der Waals surface area contributed by atoms with Gasteiger partial charge >= 0.3 is 64.0 Å². The second-order valence-electron chi connectivity index (χ2n) is 23.6. The summed E-state index contributed by atoms with van der Waals surface area (Å²) < 4.78 is 134. The van der Waals surface area contributed by atoms with E-state index in [1.165, 1.54) is 7.11 Å². The van der Waals surface area contributed by atoms with Crippen LogP contribution in [0.15, 0.2) is 134 Å². The highest BCUT2D eigenvalue weighted by Crippen LogP contribution is 2.60. The number of methoxy groups -OCH3 is 1. The molecule has 49 nitrogen and oxygen atoms in total. The minimum absolute atomic E-state index is 0.201. The van der Waals surface area contributed by atoms with Crippen LogP contribution in [-0.4, -0.2) is 199 Å². The molecule has 0 bridgehead atoms. The van der Waals surface area contributed by atoms with Gasteiger partial charge in [0.15, 0.2) is 35.4 Å². The van der Waals surface area contributed by atoms with Crippen LogP contribution in [0.25, 0.3) is 32.9 Å². The van der Waals surface area contributed by atoms with Crippen molar-refractivity contribution >= 4 is 79.8 Å². The Morgan fingerprint density at radius 1 is 0.431 bits per heavy atom. The molecule has 3 saturated heterocycles. The fourth-order valence-corrected chi connectivity index (χ4v) is 15.9. The molecule has 3 aliphatic heterocycles. The Labute approximate surface area is 603 Å². The number of rotatable bonds is 25. The molecule has 9 heterocycles. The number of benzene rings is 3. The predicted octanol–water partition coefficient (Wildman–Crippen LogP) is -2.24. The normalized spacial score (nSPS) is 24.1. The summed E-state index contributed by atoms with van der Waals surface area (Å²) in [6.45, 7) is -0.0929. The van der Waals surface area contributed by atoms with Crippen LogP contribution in [0.3, 0.4) is 0 Å². The Balaban J connectivity index is 0.000000174. The molecule has 15 N–H and O–H groups in total. The lowest BCUT2D eigenvalue weighted by atomic mass is 10.1. The van der Waals surface area contributed by atoms with Gasteiger partial charge < -0.3 is 107 Å². The first-order valence-corrected chi connectivity index (χ1v) is 39.8. The number of ether oxygens (including phenoxy) is 4. The maximum atomic E-state index is 13.2. The maximum Gasteiger partial charge on any atom is 0.481 e. The lowest BCUT2D eigenvalue weighted by molar-refractivity contribution is -0.0548. The third-order valence-electron chi connectivity index (χ3n) is 16.1. The van der Waals surface area contributed by atoms with E-state index >= 15 is 0 Å². The van der Waals surface area contributed by atoms with E-state index in [0.29, 0.717) is 50.0 Å². The summed E-state index contributed by atoms with van der Waals surface area (Å²) in [5, 5.41) is 75.4. The molecule has 3 aromatic carbocycles. The smallest absolute Gasteiger partial charge is 0.481 e. The Bertz CT molecular complexity index is 5560. The van der Waals surface area contributed by atoms with Crippen LogP contribution < -0.4 is 38.5 Å². The van der Waals surface area contributed by atoms with Gasteiger partial charge in [0.05, 0.1) is 52.0 Å². The molecule has 6 unspecified atom stereocenters. The molecule has 0 aliphatic carbocycles. The van der Waals surface area contributed by atoms with E-state index in [4.69, 9.17) is 61.9 Å². The van der Waals surface area contributed by atoms with Crippen molar-refractivity contribution in [1.82, 2.24) is 42.9 Å². The van der Waals surface area contributed by atoms with Crippen LogP contribution in [0.1, 0.15) is 46.9 Å². The standard InChI is InChI=1S/C18H21N3O14P2.2C18H21N3O13P2/c1-31-10-3-2-4-11-14(10)9(19-34-11)7-21-13(22)5-6-20(18(21)25)17-16(24)15(23)12(33-17)8-32-37(29,30)35-36(26,27)28;1-9-2-3-10-11(19-33-12(10)6-9)7-21-14(22)4-5-20(18(21)25)17-16(24)15(23)13(32-17)8-31-36(29,30)34-35(26,27)28;1-9-3-2-4-10-11(19-33-16(9)10)7-21-13(22)5-6-20(18(21)25)17-15(24)14(23)12(32-17)8-31-36(29,30)34-35(26,27)28/h2-6,12,15-17,23-24H,7-8H2,1H3,(H,29,30)(H2,26,27,28);2-6,13,15-17,23-24H,7-8H2,1H3,(H,29,30)(H2,26,27,28);2-6,12,14-15,17,23-24H,7-8H2,1H3,(H,29,30)(H2,26,27,28)/t12-,15+,16?,17-;13-,15+,16?,17-;12-,14+,15?,17-/m111/s1. The minimum atomic E-state index is -5.39. The molecule has 0 saturated carbocycles. The summed E-state index contributed by atoms with van der Waals surface area (Å²) in [4.78, 5) is 157. The van der Waals surface area contributed by atoms with Crippen molar-refractivity contribution in [3.8, 4) is 5.75 Å². The lowest BCUT2D eigenvalue weighted by Gasteiger charge is -2.19. The molecule has 9 aromatic rings. The molecule has 0 amide bonds.